The third kappa shape index (κ3) is 5.91. The molecule has 1 aliphatic rings. The summed E-state index contributed by atoms with van der Waals surface area (Å²) in [5, 5.41) is 11.8. The van der Waals surface area contributed by atoms with Crippen LogP contribution in [0.25, 0.3) is 0 Å². The molecule has 1 atom stereocenters. The maximum atomic E-state index is 13.3. The zero-order chi connectivity index (χ0) is 26.8. The van der Waals surface area contributed by atoms with Gasteiger partial charge in [-0.2, -0.15) is 26.3 Å². The van der Waals surface area contributed by atoms with Crippen molar-refractivity contribution in [2.45, 2.75) is 68.4 Å². The van der Waals surface area contributed by atoms with E-state index < -0.39 is 40.5 Å². The maximum Gasteiger partial charge on any atom is 0.416 e. The lowest BCUT2D eigenvalue weighted by Gasteiger charge is -2.42. The van der Waals surface area contributed by atoms with Gasteiger partial charge in [0.15, 0.2) is 0 Å². The number of halogens is 6. The Bertz CT molecular complexity index is 1040. The van der Waals surface area contributed by atoms with Crippen molar-refractivity contribution in [1.29, 1.82) is 0 Å². The van der Waals surface area contributed by atoms with Crippen molar-refractivity contribution in [1.82, 2.24) is 0 Å². The maximum absolute atomic E-state index is 13.3. The highest BCUT2D eigenvalue weighted by Gasteiger charge is 2.50. The van der Waals surface area contributed by atoms with Crippen LogP contribution in [0.1, 0.15) is 67.4 Å². The fourth-order valence-corrected chi connectivity index (χ4v) is 4.83. The molecule has 0 unspecified atom stereocenters. The summed E-state index contributed by atoms with van der Waals surface area (Å²) in [7, 11) is 0. The molecule has 0 N–H and O–H groups in total. The molecule has 36 heavy (non-hydrogen) atoms. The highest BCUT2D eigenvalue weighted by atomic mass is 19.4. The van der Waals surface area contributed by atoms with Gasteiger partial charge < -0.3 is 4.74 Å². The van der Waals surface area contributed by atoms with Gasteiger partial charge in [-0.15, -0.1) is 6.58 Å². The predicted octanol–water partition coefficient (Wildman–Crippen LogP) is 7.91. The van der Waals surface area contributed by atoms with Crippen LogP contribution in [0.2, 0.25) is 0 Å². The van der Waals surface area contributed by atoms with Crippen molar-refractivity contribution in [3.63, 3.8) is 0 Å². The van der Waals surface area contributed by atoms with E-state index in [1.54, 1.807) is 0 Å². The van der Waals surface area contributed by atoms with Gasteiger partial charge in [-0.05, 0) is 49.1 Å². The van der Waals surface area contributed by atoms with Gasteiger partial charge in [-0.1, -0.05) is 36.4 Å². The van der Waals surface area contributed by atoms with Crippen LogP contribution in [0, 0.1) is 10.1 Å². The third-order valence-electron chi connectivity index (χ3n) is 7.12. The first kappa shape index (κ1) is 27.7. The second kappa shape index (κ2) is 10.2. The molecule has 4 nitrogen and oxygen atoms in total. The van der Waals surface area contributed by atoms with Gasteiger partial charge in [-0.25, -0.2) is 0 Å². The number of rotatable bonds is 8. The van der Waals surface area contributed by atoms with E-state index in [9.17, 15) is 36.5 Å². The number of hydrogen-bond donors (Lipinski definition) is 0. The molecule has 0 saturated heterocycles. The van der Waals surface area contributed by atoms with E-state index in [1.165, 1.54) is 13.0 Å². The van der Waals surface area contributed by atoms with Crippen LogP contribution >= 0.6 is 0 Å². The molecule has 196 valence electrons. The molecule has 3 rings (SSSR count). The second-order valence-electron chi connectivity index (χ2n) is 9.41. The van der Waals surface area contributed by atoms with Gasteiger partial charge in [0.1, 0.15) is 0 Å². The lowest BCUT2D eigenvalue weighted by Crippen LogP contribution is -2.48. The van der Waals surface area contributed by atoms with E-state index in [0.717, 1.165) is 5.56 Å². The Morgan fingerprint density at radius 3 is 1.97 bits per heavy atom. The number of benzene rings is 2. The molecule has 10 heteroatoms. The lowest BCUT2D eigenvalue weighted by molar-refractivity contribution is -0.575. The predicted molar refractivity (Wildman–Crippen MR) is 122 cm³/mol. The molecule has 0 aliphatic heterocycles. The molecule has 1 fully saturated rings. The van der Waals surface area contributed by atoms with Crippen LogP contribution in [0.5, 0.6) is 0 Å². The lowest BCUT2D eigenvalue weighted by atomic mass is 9.64. The number of alkyl halides is 6. The average Bonchev–Trinajstić information content (AvgIpc) is 2.83. The van der Waals surface area contributed by atoms with Gasteiger partial charge in [0.25, 0.3) is 0 Å². The molecule has 0 aromatic heterocycles. The van der Waals surface area contributed by atoms with E-state index >= 15 is 0 Å². The number of ether oxygens (including phenoxy) is 1. The standard InChI is InChI=1S/C26H27F6NO3/c1-3-9-24(33(34)35)12-10-23(11-13-24,20-7-5-4-6-8-20)17-36-18(2)19-14-21(25(27,28)29)16-22(15-19)26(30,31)32/h3-8,14-16,18H,1,9-13,17H2,2H3/t18-,23-,24+/m1/s1. The second-order valence-corrected chi connectivity index (χ2v) is 9.41. The summed E-state index contributed by atoms with van der Waals surface area (Å²) in [6, 6.07) is 10.5. The van der Waals surface area contributed by atoms with Crippen LogP contribution in [0.3, 0.4) is 0 Å². The minimum atomic E-state index is -4.96. The van der Waals surface area contributed by atoms with Crippen LogP contribution < -0.4 is 0 Å². The molecular weight excluding hydrogens is 488 g/mol. The molecule has 1 saturated carbocycles. The first-order valence-electron chi connectivity index (χ1n) is 11.4. The monoisotopic (exact) mass is 515 g/mol. The normalized spacial score (nSPS) is 23.8. The quantitative estimate of drug-likeness (QED) is 0.155. The van der Waals surface area contributed by atoms with E-state index in [1.807, 2.05) is 30.3 Å². The van der Waals surface area contributed by atoms with Gasteiger partial charge >= 0.3 is 12.4 Å². The Morgan fingerprint density at radius 2 is 1.53 bits per heavy atom. The molecule has 1 aliphatic carbocycles. The van der Waals surface area contributed by atoms with Gasteiger partial charge in [-0.3, -0.25) is 10.1 Å². The zero-order valence-corrected chi connectivity index (χ0v) is 19.7. The van der Waals surface area contributed by atoms with Crippen LogP contribution in [0.4, 0.5) is 26.3 Å². The van der Waals surface area contributed by atoms with Crippen molar-refractivity contribution in [2.75, 3.05) is 6.61 Å². The summed E-state index contributed by atoms with van der Waals surface area (Å²) in [5.41, 5.74) is -4.04. The molecule has 0 bridgehead atoms. The van der Waals surface area contributed by atoms with Crippen molar-refractivity contribution in [2.24, 2.45) is 0 Å². The van der Waals surface area contributed by atoms with E-state index in [0.29, 0.717) is 25.0 Å². The highest BCUT2D eigenvalue weighted by Crippen LogP contribution is 2.47. The number of hydrogen-bond acceptors (Lipinski definition) is 3. The van der Waals surface area contributed by atoms with Crippen molar-refractivity contribution in [3.05, 3.63) is 93.6 Å². The fourth-order valence-electron chi connectivity index (χ4n) is 4.83. The van der Waals surface area contributed by atoms with Gasteiger partial charge in [0.2, 0.25) is 5.54 Å². The Labute approximate surface area is 205 Å². The summed E-state index contributed by atoms with van der Waals surface area (Å²) in [6.45, 7) is 5.01. The topological polar surface area (TPSA) is 52.4 Å². The highest BCUT2D eigenvalue weighted by molar-refractivity contribution is 5.35. The van der Waals surface area contributed by atoms with Crippen molar-refractivity contribution in [3.8, 4) is 0 Å². The summed E-state index contributed by atoms with van der Waals surface area (Å²) in [4.78, 5) is 11.6. The zero-order valence-electron chi connectivity index (χ0n) is 19.7. The van der Waals surface area contributed by atoms with Crippen molar-refractivity contribution < 1.29 is 36.0 Å². The Hall–Kier alpha value is -2.88. The summed E-state index contributed by atoms with van der Waals surface area (Å²) < 4.78 is 85.7. The molecule has 0 spiro atoms. The summed E-state index contributed by atoms with van der Waals surface area (Å²) in [6.07, 6.45) is -8.06. The summed E-state index contributed by atoms with van der Waals surface area (Å²) >= 11 is 0. The fraction of sp³-hybridized carbons (Fsp3) is 0.462. The van der Waals surface area contributed by atoms with Gasteiger partial charge in [0.05, 0.1) is 23.8 Å². The minimum absolute atomic E-state index is 0.0162. The van der Waals surface area contributed by atoms with Crippen LogP contribution in [0.15, 0.2) is 61.2 Å². The molecule has 0 radical (unpaired) electrons. The Kier molecular flexibility index (Phi) is 7.88. The molecule has 2 aromatic carbocycles. The van der Waals surface area contributed by atoms with Crippen molar-refractivity contribution >= 4 is 0 Å². The van der Waals surface area contributed by atoms with Crippen LogP contribution in [-0.2, 0) is 22.5 Å². The van der Waals surface area contributed by atoms with Gasteiger partial charge in [0, 0.05) is 29.6 Å². The van der Waals surface area contributed by atoms with E-state index in [-0.39, 0.29) is 42.4 Å². The number of nitro groups is 1. The first-order valence-corrected chi connectivity index (χ1v) is 11.4. The van der Waals surface area contributed by atoms with Crippen LogP contribution in [-0.4, -0.2) is 17.1 Å². The summed E-state index contributed by atoms with van der Waals surface area (Å²) in [5.74, 6) is 0. The first-order chi connectivity index (χ1) is 16.7. The molecule has 0 heterocycles. The molecular formula is C26H27F6NO3. The minimum Gasteiger partial charge on any atom is -0.373 e. The smallest absolute Gasteiger partial charge is 0.373 e. The SMILES string of the molecule is C=CC[C@]1([N+](=O)[O-])CC[C@@](CO[C@H](C)c2cc(C(F)(F)F)cc(C(F)(F)F)c2)(c2ccccc2)CC1. The average molecular weight is 515 g/mol. The molecule has 0 amide bonds. The van der Waals surface area contributed by atoms with E-state index in [2.05, 4.69) is 6.58 Å². The largest absolute Gasteiger partial charge is 0.416 e. The number of nitrogens with zero attached hydrogens (tertiary/aromatic N) is 1. The molecule has 2 aromatic rings. The Morgan fingerprint density at radius 1 is 1.00 bits per heavy atom. The third-order valence-corrected chi connectivity index (χ3v) is 7.12. The Balaban J connectivity index is 1.90. The van der Waals surface area contributed by atoms with E-state index in [4.69, 9.17) is 4.74 Å².